The second-order valence-corrected chi connectivity index (χ2v) is 5.46. The Morgan fingerprint density at radius 2 is 2.28 bits per heavy atom. The molecule has 0 bridgehead atoms. The molecule has 0 aliphatic carbocycles. The van der Waals surface area contributed by atoms with Crippen LogP contribution in [0.25, 0.3) is 0 Å². The van der Waals surface area contributed by atoms with Crippen LogP contribution in [0, 0.1) is 0 Å². The van der Waals surface area contributed by atoms with Gasteiger partial charge in [0.15, 0.2) is 0 Å². The Morgan fingerprint density at radius 3 is 2.89 bits per heavy atom. The van der Waals surface area contributed by atoms with E-state index in [0.717, 1.165) is 25.9 Å². The molecule has 3 nitrogen and oxygen atoms in total. The second-order valence-electron chi connectivity index (χ2n) is 5.06. The molecular formula is C14H21ClN2O. The Balaban J connectivity index is 1.99. The molecule has 100 valence electrons. The van der Waals surface area contributed by atoms with Gasteiger partial charge in [0.2, 0.25) is 0 Å². The number of hydrogen-bond acceptors (Lipinski definition) is 3. The van der Waals surface area contributed by atoms with Crippen LogP contribution < -0.4 is 5.73 Å². The maximum absolute atomic E-state index is 5.93. The molecule has 1 fully saturated rings. The molecule has 0 saturated carbocycles. The number of ether oxygens (including phenoxy) is 1. The number of likely N-dealkylation sites (tertiary alicyclic amines) is 1. The number of anilines is 1. The zero-order valence-corrected chi connectivity index (χ0v) is 11.8. The predicted octanol–water partition coefficient (Wildman–Crippen LogP) is 2.92. The number of nitrogens with zero attached hydrogens (tertiary/aromatic N) is 1. The summed E-state index contributed by atoms with van der Waals surface area (Å²) in [5, 5.41) is 0.630. The minimum absolute atomic E-state index is 0.409. The van der Waals surface area contributed by atoms with Gasteiger partial charge in [0, 0.05) is 26.2 Å². The molecule has 18 heavy (non-hydrogen) atoms. The lowest BCUT2D eigenvalue weighted by Gasteiger charge is -2.37. The van der Waals surface area contributed by atoms with Gasteiger partial charge in [-0.3, -0.25) is 4.90 Å². The third-order valence-corrected chi connectivity index (χ3v) is 4.09. The van der Waals surface area contributed by atoms with E-state index in [4.69, 9.17) is 22.1 Å². The topological polar surface area (TPSA) is 38.5 Å². The molecule has 2 N–H and O–H groups in total. The van der Waals surface area contributed by atoms with Crippen molar-refractivity contribution in [1.29, 1.82) is 0 Å². The summed E-state index contributed by atoms with van der Waals surface area (Å²) in [6.07, 6.45) is 2.61. The van der Waals surface area contributed by atoms with Gasteiger partial charge in [-0.2, -0.15) is 0 Å². The first-order valence-corrected chi connectivity index (χ1v) is 6.78. The first-order chi connectivity index (χ1) is 8.60. The summed E-state index contributed by atoms with van der Waals surface area (Å²) in [4.78, 5) is 2.47. The molecular weight excluding hydrogens is 248 g/mol. The molecule has 2 unspecified atom stereocenters. The number of nitrogens with two attached hydrogens (primary N) is 1. The van der Waals surface area contributed by atoms with Gasteiger partial charge in [-0.05, 0) is 37.5 Å². The Labute approximate surface area is 114 Å². The molecule has 1 heterocycles. The summed E-state index contributed by atoms with van der Waals surface area (Å²) >= 11 is 5.93. The number of halogens is 1. The first kappa shape index (κ1) is 13.7. The van der Waals surface area contributed by atoms with Gasteiger partial charge in [0.1, 0.15) is 0 Å². The second kappa shape index (κ2) is 5.91. The van der Waals surface area contributed by atoms with E-state index >= 15 is 0 Å². The molecule has 4 heteroatoms. The lowest BCUT2D eigenvalue weighted by Crippen LogP contribution is -2.42. The van der Waals surface area contributed by atoms with Gasteiger partial charge < -0.3 is 10.5 Å². The Bertz CT molecular complexity index is 411. The van der Waals surface area contributed by atoms with Crippen molar-refractivity contribution in [2.24, 2.45) is 0 Å². The quantitative estimate of drug-likeness (QED) is 0.857. The van der Waals surface area contributed by atoms with Gasteiger partial charge in [-0.1, -0.05) is 17.7 Å². The molecule has 2 atom stereocenters. The minimum atomic E-state index is 0.409. The van der Waals surface area contributed by atoms with E-state index < -0.39 is 0 Å². The summed E-state index contributed by atoms with van der Waals surface area (Å²) in [6, 6.07) is 6.44. The molecule has 0 amide bonds. The highest BCUT2D eigenvalue weighted by atomic mass is 35.5. The van der Waals surface area contributed by atoms with Crippen LogP contribution in [0.1, 0.15) is 25.3 Å². The fraction of sp³-hybridized carbons (Fsp3) is 0.571. The number of benzene rings is 1. The van der Waals surface area contributed by atoms with Gasteiger partial charge in [-0.15, -0.1) is 0 Å². The molecule has 1 saturated heterocycles. The van der Waals surface area contributed by atoms with Crippen LogP contribution >= 0.6 is 11.6 Å². The largest absolute Gasteiger partial charge is 0.398 e. The average molecular weight is 269 g/mol. The number of rotatable bonds is 3. The van der Waals surface area contributed by atoms with E-state index in [9.17, 15) is 0 Å². The smallest absolute Gasteiger partial charge is 0.0635 e. The Hall–Kier alpha value is -0.770. The average Bonchev–Trinajstić information content (AvgIpc) is 2.36. The SMILES string of the molecule is COC1CCN(Cc2ccc(Cl)c(N)c2)C(C)C1. The van der Waals surface area contributed by atoms with Crippen molar-refractivity contribution in [1.82, 2.24) is 4.90 Å². The van der Waals surface area contributed by atoms with Gasteiger partial charge in [0.05, 0.1) is 16.8 Å². The number of hydrogen-bond donors (Lipinski definition) is 1. The molecule has 1 aliphatic heterocycles. The summed E-state index contributed by atoms with van der Waals surface area (Å²) in [5.74, 6) is 0. The fourth-order valence-electron chi connectivity index (χ4n) is 2.55. The number of piperidine rings is 1. The van der Waals surface area contributed by atoms with Gasteiger partial charge in [-0.25, -0.2) is 0 Å². The summed E-state index contributed by atoms with van der Waals surface area (Å²) in [6.45, 7) is 4.26. The van der Waals surface area contributed by atoms with E-state index in [1.54, 1.807) is 7.11 Å². The lowest BCUT2D eigenvalue weighted by atomic mass is 10.00. The van der Waals surface area contributed by atoms with Crippen molar-refractivity contribution in [2.45, 2.75) is 38.5 Å². The monoisotopic (exact) mass is 268 g/mol. The number of methoxy groups -OCH3 is 1. The van der Waals surface area contributed by atoms with Crippen molar-refractivity contribution in [3.63, 3.8) is 0 Å². The highest BCUT2D eigenvalue weighted by Gasteiger charge is 2.25. The van der Waals surface area contributed by atoms with Crippen LogP contribution in [0.3, 0.4) is 0 Å². The maximum Gasteiger partial charge on any atom is 0.0635 e. The van der Waals surface area contributed by atoms with Crippen molar-refractivity contribution < 1.29 is 4.74 Å². The third-order valence-electron chi connectivity index (χ3n) is 3.75. The first-order valence-electron chi connectivity index (χ1n) is 6.41. The van der Waals surface area contributed by atoms with Crippen LogP contribution in [0.4, 0.5) is 5.69 Å². The molecule has 0 aromatic heterocycles. The minimum Gasteiger partial charge on any atom is -0.398 e. The van der Waals surface area contributed by atoms with Crippen molar-refractivity contribution >= 4 is 17.3 Å². The fourth-order valence-corrected chi connectivity index (χ4v) is 2.67. The van der Waals surface area contributed by atoms with Gasteiger partial charge >= 0.3 is 0 Å². The van der Waals surface area contributed by atoms with E-state index in [-0.39, 0.29) is 0 Å². The highest BCUT2D eigenvalue weighted by Crippen LogP contribution is 2.24. The maximum atomic E-state index is 5.93. The molecule has 1 aliphatic rings. The Kier molecular flexibility index (Phi) is 4.49. The standard InChI is InChI=1S/C14H21ClN2O/c1-10-7-12(18-2)5-6-17(10)9-11-3-4-13(15)14(16)8-11/h3-4,8,10,12H,5-7,9,16H2,1-2H3. The van der Waals surface area contributed by atoms with E-state index in [2.05, 4.69) is 11.8 Å². The summed E-state index contributed by atoms with van der Waals surface area (Å²) in [5.41, 5.74) is 7.72. The molecule has 1 aromatic rings. The molecule has 2 rings (SSSR count). The van der Waals surface area contributed by atoms with Crippen molar-refractivity contribution in [3.05, 3.63) is 28.8 Å². The van der Waals surface area contributed by atoms with Crippen LogP contribution in [0.2, 0.25) is 5.02 Å². The zero-order chi connectivity index (χ0) is 13.1. The highest BCUT2D eigenvalue weighted by molar-refractivity contribution is 6.33. The van der Waals surface area contributed by atoms with Crippen LogP contribution in [0.5, 0.6) is 0 Å². The van der Waals surface area contributed by atoms with Gasteiger partial charge in [0.25, 0.3) is 0 Å². The van der Waals surface area contributed by atoms with Crippen LogP contribution in [0.15, 0.2) is 18.2 Å². The molecule has 0 radical (unpaired) electrons. The zero-order valence-electron chi connectivity index (χ0n) is 11.0. The third kappa shape index (κ3) is 3.16. The normalized spacial score (nSPS) is 25.3. The van der Waals surface area contributed by atoms with Crippen LogP contribution in [-0.2, 0) is 11.3 Å². The number of nitrogen functional groups attached to an aromatic ring is 1. The van der Waals surface area contributed by atoms with E-state index in [1.165, 1.54) is 5.56 Å². The van der Waals surface area contributed by atoms with Crippen LogP contribution in [-0.4, -0.2) is 30.7 Å². The predicted molar refractivity (Wildman–Crippen MR) is 75.8 cm³/mol. The molecule has 1 aromatic carbocycles. The van der Waals surface area contributed by atoms with Crippen molar-refractivity contribution in [2.75, 3.05) is 19.4 Å². The van der Waals surface area contributed by atoms with Crippen molar-refractivity contribution in [3.8, 4) is 0 Å². The lowest BCUT2D eigenvalue weighted by molar-refractivity contribution is 0.0130. The summed E-state index contributed by atoms with van der Waals surface area (Å²) < 4.78 is 5.43. The Morgan fingerprint density at radius 1 is 1.50 bits per heavy atom. The van der Waals surface area contributed by atoms with E-state index in [0.29, 0.717) is 22.9 Å². The summed E-state index contributed by atoms with van der Waals surface area (Å²) in [7, 11) is 1.80. The van der Waals surface area contributed by atoms with E-state index in [1.807, 2.05) is 18.2 Å². The molecule has 0 spiro atoms.